The molecule has 6 heteroatoms. The smallest absolute Gasteiger partial charge is 0.238 e. The predicted octanol–water partition coefficient (Wildman–Crippen LogP) is 1.75. The van der Waals surface area contributed by atoms with Crippen LogP contribution in [-0.4, -0.2) is 48.0 Å². The summed E-state index contributed by atoms with van der Waals surface area (Å²) in [6, 6.07) is 4.00. The van der Waals surface area contributed by atoms with Crippen molar-refractivity contribution in [3.05, 3.63) is 23.5 Å². The van der Waals surface area contributed by atoms with Gasteiger partial charge in [0.25, 0.3) is 0 Å². The Labute approximate surface area is 124 Å². The van der Waals surface area contributed by atoms with Gasteiger partial charge in [0.2, 0.25) is 5.91 Å². The second-order valence-corrected chi connectivity index (χ2v) is 5.29. The number of nitrogens with one attached hydrogen (secondary N) is 2. The molecule has 0 aromatic carbocycles. The third kappa shape index (κ3) is 4.16. The van der Waals surface area contributed by atoms with Crippen molar-refractivity contribution < 1.29 is 4.79 Å². The fourth-order valence-electron chi connectivity index (χ4n) is 2.52. The molecule has 2 N–H and O–H groups in total. The molecule has 1 amide bonds. The number of carbonyl (C=O) groups is 1. The van der Waals surface area contributed by atoms with Crippen molar-refractivity contribution in [2.24, 2.45) is 0 Å². The predicted molar refractivity (Wildman–Crippen MR) is 81.0 cm³/mol. The summed E-state index contributed by atoms with van der Waals surface area (Å²) >= 11 is 5.94. The lowest BCUT2D eigenvalue weighted by Crippen LogP contribution is -2.46. The molecule has 2 heterocycles. The van der Waals surface area contributed by atoms with Gasteiger partial charge in [0, 0.05) is 12.2 Å². The summed E-state index contributed by atoms with van der Waals surface area (Å²) in [7, 11) is 0. The Morgan fingerprint density at radius 3 is 2.95 bits per heavy atom. The first-order valence-electron chi connectivity index (χ1n) is 7.06. The lowest BCUT2D eigenvalue weighted by molar-refractivity contribution is -0.118. The minimum atomic E-state index is -0.0414. The Hall–Kier alpha value is -1.17. The van der Waals surface area contributed by atoms with Gasteiger partial charge in [-0.15, -0.1) is 0 Å². The van der Waals surface area contributed by atoms with E-state index >= 15 is 0 Å². The van der Waals surface area contributed by atoms with E-state index in [1.54, 1.807) is 18.3 Å². The zero-order valence-electron chi connectivity index (χ0n) is 11.7. The molecule has 0 atom stereocenters. The molecule has 1 aliphatic heterocycles. The van der Waals surface area contributed by atoms with Crippen molar-refractivity contribution in [1.82, 2.24) is 15.2 Å². The fraction of sp³-hybridized carbons (Fsp3) is 0.571. The van der Waals surface area contributed by atoms with E-state index < -0.39 is 0 Å². The summed E-state index contributed by atoms with van der Waals surface area (Å²) in [5, 5.41) is 6.49. The van der Waals surface area contributed by atoms with Crippen LogP contribution in [0.4, 0.5) is 5.69 Å². The van der Waals surface area contributed by atoms with E-state index in [9.17, 15) is 4.79 Å². The van der Waals surface area contributed by atoms with Gasteiger partial charge in [-0.3, -0.25) is 9.69 Å². The van der Waals surface area contributed by atoms with Gasteiger partial charge >= 0.3 is 0 Å². The van der Waals surface area contributed by atoms with Crippen LogP contribution in [0.5, 0.6) is 0 Å². The first-order valence-corrected chi connectivity index (χ1v) is 7.43. The van der Waals surface area contributed by atoms with E-state index in [-0.39, 0.29) is 5.91 Å². The van der Waals surface area contributed by atoms with Crippen LogP contribution in [0.25, 0.3) is 0 Å². The summed E-state index contributed by atoms with van der Waals surface area (Å²) < 4.78 is 0. The van der Waals surface area contributed by atoms with Gasteiger partial charge in [-0.2, -0.15) is 0 Å². The van der Waals surface area contributed by atoms with Crippen LogP contribution in [0.1, 0.15) is 19.8 Å². The number of aromatic nitrogens is 1. The van der Waals surface area contributed by atoms with Gasteiger partial charge in [0.1, 0.15) is 0 Å². The van der Waals surface area contributed by atoms with Gasteiger partial charge < -0.3 is 10.6 Å². The molecule has 0 radical (unpaired) electrons. The van der Waals surface area contributed by atoms with E-state index in [0.29, 0.717) is 23.4 Å². The Balaban J connectivity index is 1.90. The molecule has 5 nitrogen and oxygen atoms in total. The van der Waals surface area contributed by atoms with Crippen LogP contribution < -0.4 is 10.6 Å². The summed E-state index contributed by atoms with van der Waals surface area (Å²) in [5.41, 5.74) is 0.570. The van der Waals surface area contributed by atoms with E-state index in [4.69, 9.17) is 11.6 Å². The average Bonchev–Trinajstić information content (AvgIpc) is 2.48. The lowest BCUT2D eigenvalue weighted by atomic mass is 10.0. The molecule has 0 spiro atoms. The molecular formula is C14H21ClN4O. The van der Waals surface area contributed by atoms with Crippen molar-refractivity contribution >= 4 is 23.2 Å². The van der Waals surface area contributed by atoms with Gasteiger partial charge in [-0.05, 0) is 44.6 Å². The second kappa shape index (κ2) is 7.57. The molecule has 1 aromatic heterocycles. The van der Waals surface area contributed by atoms with Gasteiger partial charge in [-0.25, -0.2) is 4.98 Å². The number of halogens is 1. The third-order valence-corrected chi connectivity index (χ3v) is 3.91. The number of rotatable bonds is 5. The SMILES string of the molecule is CCN(CC(=O)Nc1cccnc1Cl)C1CCNCC1. The number of amides is 1. The molecule has 0 aliphatic carbocycles. The summed E-state index contributed by atoms with van der Waals surface area (Å²) in [5.74, 6) is -0.0414. The highest BCUT2D eigenvalue weighted by molar-refractivity contribution is 6.32. The van der Waals surface area contributed by atoms with Crippen molar-refractivity contribution in [2.45, 2.75) is 25.8 Å². The number of piperidine rings is 1. The third-order valence-electron chi connectivity index (χ3n) is 3.61. The molecule has 1 saturated heterocycles. The summed E-state index contributed by atoms with van der Waals surface area (Å²) in [6.45, 7) is 5.41. The average molecular weight is 297 g/mol. The Morgan fingerprint density at radius 1 is 1.55 bits per heavy atom. The number of hydrogen-bond donors (Lipinski definition) is 2. The van der Waals surface area contributed by atoms with Crippen molar-refractivity contribution in [2.75, 3.05) is 31.5 Å². The topological polar surface area (TPSA) is 57.3 Å². The Morgan fingerprint density at radius 2 is 2.30 bits per heavy atom. The Bertz CT molecular complexity index is 449. The first kappa shape index (κ1) is 15.2. The molecule has 0 unspecified atom stereocenters. The maximum atomic E-state index is 12.1. The highest BCUT2D eigenvalue weighted by atomic mass is 35.5. The number of hydrogen-bond acceptors (Lipinski definition) is 4. The minimum Gasteiger partial charge on any atom is -0.322 e. The quantitative estimate of drug-likeness (QED) is 0.813. The second-order valence-electron chi connectivity index (χ2n) is 4.93. The molecular weight excluding hydrogens is 276 g/mol. The summed E-state index contributed by atoms with van der Waals surface area (Å²) in [6.07, 6.45) is 3.79. The van der Waals surface area contributed by atoms with Crippen LogP contribution >= 0.6 is 11.6 Å². The minimum absolute atomic E-state index is 0.0414. The number of anilines is 1. The van der Waals surface area contributed by atoms with Gasteiger partial charge in [0.05, 0.1) is 12.2 Å². The Kier molecular flexibility index (Phi) is 5.76. The number of carbonyl (C=O) groups excluding carboxylic acids is 1. The van der Waals surface area contributed by atoms with E-state index in [2.05, 4.69) is 27.4 Å². The van der Waals surface area contributed by atoms with Crippen molar-refractivity contribution in [3.63, 3.8) is 0 Å². The monoisotopic (exact) mass is 296 g/mol. The highest BCUT2D eigenvalue weighted by Crippen LogP contribution is 2.18. The number of nitrogens with zero attached hydrogens (tertiary/aromatic N) is 2. The van der Waals surface area contributed by atoms with Crippen LogP contribution in [-0.2, 0) is 4.79 Å². The highest BCUT2D eigenvalue weighted by Gasteiger charge is 2.21. The molecule has 1 aromatic rings. The first-order chi connectivity index (χ1) is 9.70. The van der Waals surface area contributed by atoms with E-state index in [0.717, 1.165) is 32.5 Å². The molecule has 20 heavy (non-hydrogen) atoms. The zero-order valence-corrected chi connectivity index (χ0v) is 12.5. The van der Waals surface area contributed by atoms with E-state index in [1.165, 1.54) is 0 Å². The molecule has 1 fully saturated rings. The maximum absolute atomic E-state index is 12.1. The van der Waals surface area contributed by atoms with Gasteiger partial charge in [0.15, 0.2) is 5.15 Å². The maximum Gasteiger partial charge on any atom is 0.238 e. The molecule has 0 saturated carbocycles. The van der Waals surface area contributed by atoms with Crippen LogP contribution in [0, 0.1) is 0 Å². The van der Waals surface area contributed by atoms with Crippen molar-refractivity contribution in [1.29, 1.82) is 0 Å². The van der Waals surface area contributed by atoms with Crippen molar-refractivity contribution in [3.8, 4) is 0 Å². The van der Waals surface area contributed by atoms with Crippen LogP contribution in [0.3, 0.4) is 0 Å². The molecule has 110 valence electrons. The largest absolute Gasteiger partial charge is 0.322 e. The van der Waals surface area contributed by atoms with E-state index in [1.807, 2.05) is 0 Å². The number of likely N-dealkylation sites (N-methyl/N-ethyl adjacent to an activating group) is 1. The number of pyridine rings is 1. The van der Waals surface area contributed by atoms with Crippen LogP contribution in [0.2, 0.25) is 5.15 Å². The fourth-order valence-corrected chi connectivity index (χ4v) is 2.69. The molecule has 0 bridgehead atoms. The molecule has 2 rings (SSSR count). The standard InChI is InChI=1S/C14H21ClN4O/c1-2-19(11-5-8-16-9-6-11)10-13(20)18-12-4-3-7-17-14(12)15/h3-4,7,11,16H,2,5-6,8-10H2,1H3,(H,18,20). The molecule has 1 aliphatic rings. The zero-order chi connectivity index (χ0) is 14.4. The normalized spacial score (nSPS) is 16.4. The van der Waals surface area contributed by atoms with Crippen LogP contribution in [0.15, 0.2) is 18.3 Å². The summed E-state index contributed by atoms with van der Waals surface area (Å²) in [4.78, 5) is 18.3. The lowest BCUT2D eigenvalue weighted by Gasteiger charge is -2.33. The van der Waals surface area contributed by atoms with Gasteiger partial charge in [-0.1, -0.05) is 18.5 Å².